The molecule has 0 unspecified atom stereocenters. The topological polar surface area (TPSA) is 59.6 Å². The van der Waals surface area contributed by atoms with Crippen molar-refractivity contribution < 1.29 is 14.3 Å². The minimum Gasteiger partial charge on any atom is -0.347 e. The summed E-state index contributed by atoms with van der Waals surface area (Å²) in [6.07, 6.45) is 2.44. The van der Waals surface area contributed by atoms with Crippen LogP contribution in [0.15, 0.2) is 22.7 Å². The number of carbonyl (C=O) groups is 1. The average Bonchev–Trinajstić information content (AvgIpc) is 3.05. The SMILES string of the molecule is Cc1ccc(Br)cc1NC(=O)N[C@@H]1CCC2(C1)OCCO2. The number of urea groups is 1. The van der Waals surface area contributed by atoms with Crippen molar-refractivity contribution in [3.63, 3.8) is 0 Å². The van der Waals surface area contributed by atoms with Crippen LogP contribution >= 0.6 is 15.9 Å². The largest absolute Gasteiger partial charge is 0.347 e. The van der Waals surface area contributed by atoms with E-state index in [0.717, 1.165) is 35.0 Å². The molecule has 1 aromatic carbocycles. The first-order chi connectivity index (χ1) is 10.1. The van der Waals surface area contributed by atoms with Crippen molar-refractivity contribution in [2.45, 2.75) is 38.0 Å². The molecule has 2 N–H and O–H groups in total. The summed E-state index contributed by atoms with van der Waals surface area (Å²) in [5.74, 6) is -0.455. The lowest BCUT2D eigenvalue weighted by Gasteiger charge is -2.21. The van der Waals surface area contributed by atoms with Gasteiger partial charge in [-0.05, 0) is 31.0 Å². The fourth-order valence-corrected chi connectivity index (χ4v) is 3.29. The Morgan fingerprint density at radius 3 is 2.90 bits per heavy atom. The third kappa shape index (κ3) is 3.39. The number of halogens is 1. The van der Waals surface area contributed by atoms with Crippen molar-refractivity contribution in [3.8, 4) is 0 Å². The van der Waals surface area contributed by atoms with E-state index >= 15 is 0 Å². The number of benzene rings is 1. The molecule has 3 rings (SSSR count). The smallest absolute Gasteiger partial charge is 0.319 e. The molecule has 114 valence electrons. The molecule has 6 heteroatoms. The van der Waals surface area contributed by atoms with E-state index < -0.39 is 5.79 Å². The molecule has 21 heavy (non-hydrogen) atoms. The van der Waals surface area contributed by atoms with Gasteiger partial charge in [-0.3, -0.25) is 0 Å². The predicted molar refractivity (Wildman–Crippen MR) is 83.3 cm³/mol. The lowest BCUT2D eigenvalue weighted by molar-refractivity contribution is -0.151. The molecule has 5 nitrogen and oxygen atoms in total. The summed E-state index contributed by atoms with van der Waals surface area (Å²) >= 11 is 3.41. The monoisotopic (exact) mass is 354 g/mol. The third-order valence-corrected chi connectivity index (χ3v) is 4.52. The molecule has 1 heterocycles. The Morgan fingerprint density at radius 2 is 2.14 bits per heavy atom. The van der Waals surface area contributed by atoms with Gasteiger partial charge in [0.05, 0.1) is 13.2 Å². The zero-order chi connectivity index (χ0) is 14.9. The maximum absolute atomic E-state index is 12.1. The van der Waals surface area contributed by atoms with Gasteiger partial charge in [-0.15, -0.1) is 0 Å². The number of hydrogen-bond donors (Lipinski definition) is 2. The molecule has 1 aliphatic carbocycles. The lowest BCUT2D eigenvalue weighted by Crippen LogP contribution is -2.38. The van der Waals surface area contributed by atoms with Crippen molar-refractivity contribution in [2.75, 3.05) is 18.5 Å². The van der Waals surface area contributed by atoms with E-state index in [1.807, 2.05) is 25.1 Å². The summed E-state index contributed by atoms with van der Waals surface area (Å²) in [5.41, 5.74) is 1.83. The summed E-state index contributed by atoms with van der Waals surface area (Å²) in [6.45, 7) is 3.26. The van der Waals surface area contributed by atoms with Gasteiger partial charge in [0, 0.05) is 29.0 Å². The van der Waals surface area contributed by atoms with Crippen molar-refractivity contribution >= 4 is 27.6 Å². The van der Waals surface area contributed by atoms with Crippen LogP contribution in [-0.2, 0) is 9.47 Å². The first kappa shape index (κ1) is 14.8. The highest BCUT2D eigenvalue weighted by Crippen LogP contribution is 2.37. The van der Waals surface area contributed by atoms with Crippen molar-refractivity contribution in [1.82, 2.24) is 5.32 Å². The van der Waals surface area contributed by atoms with Crippen LogP contribution in [0, 0.1) is 6.92 Å². The fourth-order valence-electron chi connectivity index (χ4n) is 2.93. The molecule has 2 amide bonds. The lowest BCUT2D eigenvalue weighted by atomic mass is 10.2. The Morgan fingerprint density at radius 1 is 1.38 bits per heavy atom. The van der Waals surface area contributed by atoms with E-state index in [0.29, 0.717) is 13.2 Å². The van der Waals surface area contributed by atoms with Gasteiger partial charge in [-0.25, -0.2) is 4.79 Å². The molecular weight excluding hydrogens is 336 g/mol. The molecule has 1 aliphatic heterocycles. The minimum absolute atomic E-state index is 0.0931. The van der Waals surface area contributed by atoms with Crippen LogP contribution in [0.1, 0.15) is 24.8 Å². The molecule has 1 aromatic rings. The summed E-state index contributed by atoms with van der Waals surface area (Å²) in [5, 5.41) is 5.90. The molecule has 1 atom stereocenters. The molecule has 2 aliphatic rings. The van der Waals surface area contributed by atoms with Crippen LogP contribution in [0.3, 0.4) is 0 Å². The highest BCUT2D eigenvalue weighted by Gasteiger charge is 2.44. The van der Waals surface area contributed by atoms with Crippen LogP contribution in [0.5, 0.6) is 0 Å². The number of rotatable bonds is 2. The molecule has 1 spiro atoms. The summed E-state index contributed by atoms with van der Waals surface area (Å²) in [6, 6.07) is 5.72. The number of ether oxygens (including phenoxy) is 2. The van der Waals surface area contributed by atoms with Gasteiger partial charge in [-0.2, -0.15) is 0 Å². The number of amides is 2. The average molecular weight is 355 g/mol. The first-order valence-corrected chi connectivity index (χ1v) is 7.97. The molecule has 1 saturated carbocycles. The van der Waals surface area contributed by atoms with E-state index in [-0.39, 0.29) is 12.1 Å². The van der Waals surface area contributed by atoms with Gasteiger partial charge >= 0.3 is 6.03 Å². The second kappa shape index (κ2) is 5.94. The summed E-state index contributed by atoms with van der Waals surface area (Å²) in [4.78, 5) is 12.1. The second-order valence-corrected chi connectivity index (χ2v) is 6.52. The van der Waals surface area contributed by atoms with Crippen molar-refractivity contribution in [1.29, 1.82) is 0 Å². The maximum atomic E-state index is 12.1. The number of hydrogen-bond acceptors (Lipinski definition) is 3. The minimum atomic E-state index is -0.455. The molecule has 0 bridgehead atoms. The summed E-state index contributed by atoms with van der Waals surface area (Å²) in [7, 11) is 0. The van der Waals surface area contributed by atoms with Crippen molar-refractivity contribution in [3.05, 3.63) is 28.2 Å². The predicted octanol–water partition coefficient (Wildman–Crippen LogP) is 3.17. The Kier molecular flexibility index (Phi) is 4.19. The van der Waals surface area contributed by atoms with E-state index in [9.17, 15) is 4.79 Å². The highest BCUT2D eigenvalue weighted by molar-refractivity contribution is 9.10. The Balaban J connectivity index is 1.56. The molecular formula is C15H19BrN2O3. The number of carbonyl (C=O) groups excluding carboxylic acids is 1. The molecule has 0 aromatic heterocycles. The number of aryl methyl sites for hydroxylation is 1. The quantitative estimate of drug-likeness (QED) is 0.857. The van der Waals surface area contributed by atoms with Crippen LogP contribution in [0.2, 0.25) is 0 Å². The molecule has 2 fully saturated rings. The van der Waals surface area contributed by atoms with Gasteiger partial charge in [0.1, 0.15) is 0 Å². The van der Waals surface area contributed by atoms with Crippen molar-refractivity contribution in [2.24, 2.45) is 0 Å². The maximum Gasteiger partial charge on any atom is 0.319 e. The normalized spacial score (nSPS) is 23.4. The highest BCUT2D eigenvalue weighted by atomic mass is 79.9. The van der Waals surface area contributed by atoms with Gasteiger partial charge in [0.15, 0.2) is 5.79 Å². The zero-order valence-electron chi connectivity index (χ0n) is 11.9. The molecule has 1 saturated heterocycles. The van der Waals surface area contributed by atoms with E-state index in [1.54, 1.807) is 0 Å². The van der Waals surface area contributed by atoms with Crippen LogP contribution in [0.4, 0.5) is 10.5 Å². The number of anilines is 1. The second-order valence-electron chi connectivity index (χ2n) is 5.61. The number of nitrogens with one attached hydrogen (secondary N) is 2. The van der Waals surface area contributed by atoms with E-state index in [1.165, 1.54) is 0 Å². The van der Waals surface area contributed by atoms with Gasteiger partial charge in [-0.1, -0.05) is 22.0 Å². The summed E-state index contributed by atoms with van der Waals surface area (Å²) < 4.78 is 12.3. The van der Waals surface area contributed by atoms with Gasteiger partial charge < -0.3 is 20.1 Å². The Labute approximate surface area is 132 Å². The van der Waals surface area contributed by atoms with Gasteiger partial charge in [0.2, 0.25) is 0 Å². The molecule has 0 radical (unpaired) electrons. The van der Waals surface area contributed by atoms with Gasteiger partial charge in [0.25, 0.3) is 0 Å². The van der Waals surface area contributed by atoms with Crippen LogP contribution in [-0.4, -0.2) is 31.1 Å². The Hall–Kier alpha value is -1.11. The van der Waals surface area contributed by atoms with Crippen LogP contribution < -0.4 is 10.6 Å². The van der Waals surface area contributed by atoms with E-state index in [4.69, 9.17) is 9.47 Å². The van der Waals surface area contributed by atoms with Crippen LogP contribution in [0.25, 0.3) is 0 Å². The zero-order valence-corrected chi connectivity index (χ0v) is 13.5. The standard InChI is InChI=1S/C15H19BrN2O3/c1-10-2-3-11(16)8-13(10)18-14(19)17-12-4-5-15(9-12)20-6-7-21-15/h2-3,8,12H,4-7,9H2,1H3,(H2,17,18,19)/t12-/m1/s1. The third-order valence-electron chi connectivity index (χ3n) is 4.03. The van der Waals surface area contributed by atoms with E-state index in [2.05, 4.69) is 26.6 Å². The first-order valence-electron chi connectivity index (χ1n) is 7.18. The Bertz CT molecular complexity index is 544. The fraction of sp³-hybridized carbons (Fsp3) is 0.533.